The normalized spacial score (nSPS) is 16.5. The first-order valence-electron chi connectivity index (χ1n) is 11.5. The summed E-state index contributed by atoms with van der Waals surface area (Å²) in [5.74, 6) is 2.13. The standard InChI is InChI=1S/C26H32N2O4/c1-19-3-9-22(10-4-19)31-18-17-27(2)25(29)20-7-11-23(12-8-20)32-24-13-15-28(16-14-24)26(30)21-5-6-21/h3-4,7-12,21,24H,5-6,13-18H2,1-2H3. The van der Waals surface area contributed by atoms with E-state index in [1.54, 1.807) is 24.1 Å². The Morgan fingerprint density at radius 2 is 1.56 bits per heavy atom. The quantitative estimate of drug-likeness (QED) is 0.629. The number of piperidine rings is 1. The van der Waals surface area contributed by atoms with Gasteiger partial charge in [0.2, 0.25) is 5.91 Å². The third-order valence-corrected chi connectivity index (χ3v) is 6.15. The van der Waals surface area contributed by atoms with Crippen LogP contribution in [0.15, 0.2) is 48.5 Å². The zero-order chi connectivity index (χ0) is 22.5. The molecule has 1 saturated heterocycles. The lowest BCUT2D eigenvalue weighted by molar-refractivity contribution is -0.134. The molecule has 1 aliphatic heterocycles. The average molecular weight is 437 g/mol. The Balaban J connectivity index is 1.20. The fraction of sp³-hybridized carbons (Fsp3) is 0.462. The highest BCUT2D eigenvalue weighted by Gasteiger charge is 2.35. The van der Waals surface area contributed by atoms with E-state index in [1.807, 2.05) is 48.2 Å². The van der Waals surface area contributed by atoms with E-state index >= 15 is 0 Å². The van der Waals surface area contributed by atoms with Gasteiger partial charge in [0.05, 0.1) is 6.54 Å². The average Bonchev–Trinajstić information content (AvgIpc) is 3.66. The summed E-state index contributed by atoms with van der Waals surface area (Å²) in [5, 5.41) is 0. The molecule has 2 fully saturated rings. The van der Waals surface area contributed by atoms with Crippen molar-refractivity contribution in [2.24, 2.45) is 5.92 Å². The minimum atomic E-state index is -0.0454. The minimum Gasteiger partial charge on any atom is -0.492 e. The molecular formula is C26H32N2O4. The van der Waals surface area contributed by atoms with E-state index in [1.165, 1.54) is 5.56 Å². The largest absolute Gasteiger partial charge is 0.492 e. The molecule has 0 bridgehead atoms. The van der Waals surface area contributed by atoms with Gasteiger partial charge in [-0.3, -0.25) is 9.59 Å². The van der Waals surface area contributed by atoms with Crippen LogP contribution >= 0.6 is 0 Å². The van der Waals surface area contributed by atoms with Gasteiger partial charge >= 0.3 is 0 Å². The Morgan fingerprint density at radius 3 is 2.19 bits per heavy atom. The maximum atomic E-state index is 12.7. The molecule has 0 spiro atoms. The van der Waals surface area contributed by atoms with Crippen molar-refractivity contribution in [3.8, 4) is 11.5 Å². The van der Waals surface area contributed by atoms with E-state index in [2.05, 4.69) is 0 Å². The molecule has 1 aliphatic carbocycles. The van der Waals surface area contributed by atoms with Crippen molar-refractivity contribution in [2.75, 3.05) is 33.3 Å². The molecule has 170 valence electrons. The van der Waals surface area contributed by atoms with E-state index in [0.29, 0.717) is 24.6 Å². The van der Waals surface area contributed by atoms with E-state index in [4.69, 9.17) is 9.47 Å². The van der Waals surface area contributed by atoms with Crippen molar-refractivity contribution in [1.82, 2.24) is 9.80 Å². The first-order chi connectivity index (χ1) is 15.5. The van der Waals surface area contributed by atoms with E-state index in [9.17, 15) is 9.59 Å². The van der Waals surface area contributed by atoms with Crippen molar-refractivity contribution in [3.63, 3.8) is 0 Å². The number of aryl methyl sites for hydroxylation is 1. The van der Waals surface area contributed by atoms with Gasteiger partial charge in [-0.15, -0.1) is 0 Å². The number of carbonyl (C=O) groups excluding carboxylic acids is 2. The number of ether oxygens (including phenoxy) is 2. The van der Waals surface area contributed by atoms with Crippen LogP contribution in [0.4, 0.5) is 0 Å². The highest BCUT2D eigenvalue weighted by Crippen LogP contribution is 2.32. The molecule has 6 nitrogen and oxygen atoms in total. The zero-order valence-electron chi connectivity index (χ0n) is 19.0. The Hall–Kier alpha value is -3.02. The fourth-order valence-electron chi connectivity index (χ4n) is 3.91. The van der Waals surface area contributed by atoms with Crippen LogP contribution in [0.5, 0.6) is 11.5 Å². The topological polar surface area (TPSA) is 59.1 Å². The summed E-state index contributed by atoms with van der Waals surface area (Å²) < 4.78 is 11.8. The van der Waals surface area contributed by atoms with Crippen LogP contribution in [0.3, 0.4) is 0 Å². The van der Waals surface area contributed by atoms with Gasteiger partial charge in [0.1, 0.15) is 24.2 Å². The van der Waals surface area contributed by atoms with Gasteiger partial charge in [-0.05, 0) is 56.2 Å². The predicted molar refractivity (Wildman–Crippen MR) is 123 cm³/mol. The van der Waals surface area contributed by atoms with Crippen molar-refractivity contribution in [3.05, 3.63) is 59.7 Å². The zero-order valence-corrected chi connectivity index (χ0v) is 19.0. The molecule has 2 aromatic rings. The Morgan fingerprint density at radius 1 is 0.938 bits per heavy atom. The maximum Gasteiger partial charge on any atom is 0.253 e. The second-order valence-corrected chi connectivity index (χ2v) is 8.83. The maximum absolute atomic E-state index is 12.7. The summed E-state index contributed by atoms with van der Waals surface area (Å²) in [6.07, 6.45) is 3.91. The third kappa shape index (κ3) is 5.81. The Bertz CT molecular complexity index is 914. The number of likely N-dealkylation sites (N-methyl/N-ethyl adjacent to an activating group) is 1. The molecule has 0 N–H and O–H groups in total. The van der Waals surface area contributed by atoms with Crippen LogP contribution in [0.25, 0.3) is 0 Å². The molecular weight excluding hydrogens is 404 g/mol. The summed E-state index contributed by atoms with van der Waals surface area (Å²) in [6, 6.07) is 15.2. The second-order valence-electron chi connectivity index (χ2n) is 8.83. The van der Waals surface area contributed by atoms with Crippen molar-refractivity contribution in [2.45, 2.75) is 38.7 Å². The van der Waals surface area contributed by atoms with Crippen LogP contribution < -0.4 is 9.47 Å². The molecule has 2 aromatic carbocycles. The number of rotatable bonds is 8. The van der Waals surface area contributed by atoms with Gasteiger partial charge in [0.25, 0.3) is 5.91 Å². The molecule has 0 radical (unpaired) electrons. The number of hydrogen-bond donors (Lipinski definition) is 0. The first kappa shape index (κ1) is 22.2. The number of nitrogens with zero attached hydrogens (tertiary/aromatic N) is 2. The van der Waals surface area contributed by atoms with Gasteiger partial charge in [0.15, 0.2) is 0 Å². The number of amides is 2. The number of likely N-dealkylation sites (tertiary alicyclic amines) is 1. The molecule has 6 heteroatoms. The van der Waals surface area contributed by atoms with Gasteiger partial charge in [-0.2, -0.15) is 0 Å². The summed E-state index contributed by atoms with van der Waals surface area (Å²) in [4.78, 5) is 28.5. The summed E-state index contributed by atoms with van der Waals surface area (Å²) in [7, 11) is 1.78. The minimum absolute atomic E-state index is 0.0454. The molecule has 32 heavy (non-hydrogen) atoms. The van der Waals surface area contributed by atoms with Crippen LogP contribution in [0.1, 0.15) is 41.6 Å². The molecule has 2 amide bonds. The number of carbonyl (C=O) groups is 2. The fourth-order valence-corrected chi connectivity index (χ4v) is 3.91. The molecule has 2 aliphatic rings. The molecule has 0 aromatic heterocycles. The van der Waals surface area contributed by atoms with Gasteiger partial charge in [0, 0.05) is 44.5 Å². The van der Waals surface area contributed by atoms with E-state index in [0.717, 1.165) is 50.3 Å². The Labute approximate surface area is 190 Å². The van der Waals surface area contributed by atoms with E-state index < -0.39 is 0 Å². The SMILES string of the molecule is Cc1ccc(OCCN(C)C(=O)c2ccc(OC3CCN(C(=O)C4CC4)CC3)cc2)cc1. The lowest BCUT2D eigenvalue weighted by Gasteiger charge is -2.32. The van der Waals surface area contributed by atoms with Gasteiger partial charge in [-0.25, -0.2) is 0 Å². The van der Waals surface area contributed by atoms with Crippen LogP contribution in [0, 0.1) is 12.8 Å². The Kier molecular flexibility index (Phi) is 6.98. The summed E-state index contributed by atoms with van der Waals surface area (Å²) in [5.41, 5.74) is 1.81. The lowest BCUT2D eigenvalue weighted by atomic mass is 10.1. The number of hydrogen-bond acceptors (Lipinski definition) is 4. The monoisotopic (exact) mass is 436 g/mol. The molecule has 0 atom stereocenters. The summed E-state index contributed by atoms with van der Waals surface area (Å²) >= 11 is 0. The predicted octanol–water partition coefficient (Wildman–Crippen LogP) is 3.93. The smallest absolute Gasteiger partial charge is 0.253 e. The molecule has 1 heterocycles. The van der Waals surface area contributed by atoms with Crippen molar-refractivity contribution < 1.29 is 19.1 Å². The third-order valence-electron chi connectivity index (χ3n) is 6.15. The number of benzene rings is 2. The van der Waals surface area contributed by atoms with Crippen LogP contribution in [-0.4, -0.2) is 61.0 Å². The van der Waals surface area contributed by atoms with Crippen LogP contribution in [-0.2, 0) is 4.79 Å². The second kappa shape index (κ2) is 10.1. The van der Waals surface area contributed by atoms with Crippen molar-refractivity contribution >= 4 is 11.8 Å². The van der Waals surface area contributed by atoms with Gasteiger partial charge in [-0.1, -0.05) is 17.7 Å². The molecule has 1 saturated carbocycles. The van der Waals surface area contributed by atoms with E-state index in [-0.39, 0.29) is 17.9 Å². The van der Waals surface area contributed by atoms with Gasteiger partial charge < -0.3 is 19.3 Å². The molecule has 0 unspecified atom stereocenters. The summed E-state index contributed by atoms with van der Waals surface area (Å²) in [6.45, 7) is 4.52. The van der Waals surface area contributed by atoms with Crippen molar-refractivity contribution in [1.29, 1.82) is 0 Å². The highest BCUT2D eigenvalue weighted by molar-refractivity contribution is 5.94. The van der Waals surface area contributed by atoms with Crippen LogP contribution in [0.2, 0.25) is 0 Å². The first-order valence-corrected chi connectivity index (χ1v) is 11.5. The molecule has 4 rings (SSSR count). The highest BCUT2D eigenvalue weighted by atomic mass is 16.5. The lowest BCUT2D eigenvalue weighted by Crippen LogP contribution is -2.42.